The molecular weight excluding hydrogens is 411 g/mol. The summed E-state index contributed by atoms with van der Waals surface area (Å²) in [5.74, 6) is 0.321. The molecule has 0 aliphatic rings. The van der Waals surface area contributed by atoms with E-state index < -0.39 is 10.0 Å². The zero-order valence-electron chi connectivity index (χ0n) is 14.9. The van der Waals surface area contributed by atoms with Gasteiger partial charge in [-0.3, -0.25) is 9.10 Å². The number of para-hydroxylation sites is 2. The molecule has 0 saturated heterocycles. The molecular formula is C18H20Cl2N2O4S. The molecule has 0 fully saturated rings. The Kier molecular flexibility index (Phi) is 7.35. The van der Waals surface area contributed by atoms with Crippen LogP contribution in [0, 0.1) is 0 Å². The van der Waals surface area contributed by atoms with Gasteiger partial charge in [-0.05, 0) is 36.8 Å². The Morgan fingerprint density at radius 1 is 1.15 bits per heavy atom. The van der Waals surface area contributed by atoms with Crippen molar-refractivity contribution in [2.45, 2.75) is 12.8 Å². The third kappa shape index (κ3) is 6.02. The normalized spacial score (nSPS) is 11.1. The predicted octanol–water partition coefficient (Wildman–Crippen LogP) is 4.19. The summed E-state index contributed by atoms with van der Waals surface area (Å²) in [6.07, 6.45) is 1.57. The van der Waals surface area contributed by atoms with Crippen molar-refractivity contribution in [2.24, 2.45) is 0 Å². The van der Waals surface area contributed by atoms with E-state index in [-0.39, 0.29) is 23.9 Å². The molecule has 0 bridgehead atoms. The fourth-order valence-corrected chi connectivity index (χ4v) is 3.72. The largest absolute Gasteiger partial charge is 0.495 e. The average molecular weight is 431 g/mol. The summed E-state index contributed by atoms with van der Waals surface area (Å²) in [5, 5.41) is 3.36. The minimum atomic E-state index is -3.54. The number of hydrogen-bond acceptors (Lipinski definition) is 4. The molecule has 0 radical (unpaired) electrons. The minimum Gasteiger partial charge on any atom is -0.495 e. The monoisotopic (exact) mass is 430 g/mol. The standard InChI is InChI=1S/C18H20Cl2N2O4S/c1-26-17-7-4-3-6-16(17)21-18(23)8-5-11-22(27(2,24)25)13-9-10-14(19)15(20)12-13/h3-4,6-7,9-10,12H,5,8,11H2,1-2H3,(H,21,23). The van der Waals surface area contributed by atoms with Crippen molar-refractivity contribution in [3.05, 3.63) is 52.5 Å². The number of carbonyl (C=O) groups is 1. The summed E-state index contributed by atoms with van der Waals surface area (Å²) in [5.41, 5.74) is 0.964. The van der Waals surface area contributed by atoms with Crippen LogP contribution < -0.4 is 14.4 Å². The van der Waals surface area contributed by atoms with Crippen LogP contribution in [0.5, 0.6) is 5.75 Å². The maximum absolute atomic E-state index is 12.2. The topological polar surface area (TPSA) is 75.7 Å². The molecule has 0 aliphatic carbocycles. The number of nitrogens with zero attached hydrogens (tertiary/aromatic N) is 1. The third-order valence-corrected chi connectivity index (χ3v) is 5.67. The summed E-state index contributed by atoms with van der Waals surface area (Å²) in [4.78, 5) is 12.2. The van der Waals surface area contributed by atoms with Crippen LogP contribution in [0.25, 0.3) is 0 Å². The van der Waals surface area contributed by atoms with Crippen LogP contribution >= 0.6 is 23.2 Å². The number of nitrogens with one attached hydrogen (secondary N) is 1. The lowest BCUT2D eigenvalue weighted by molar-refractivity contribution is -0.116. The van der Waals surface area contributed by atoms with Gasteiger partial charge in [0.25, 0.3) is 0 Å². The van der Waals surface area contributed by atoms with E-state index in [0.717, 1.165) is 6.26 Å². The highest BCUT2D eigenvalue weighted by molar-refractivity contribution is 7.92. The molecule has 2 aromatic carbocycles. The molecule has 0 heterocycles. The summed E-state index contributed by atoms with van der Waals surface area (Å²) >= 11 is 11.9. The molecule has 0 aliphatic heterocycles. The van der Waals surface area contributed by atoms with Crippen molar-refractivity contribution in [1.82, 2.24) is 0 Å². The van der Waals surface area contributed by atoms with Gasteiger partial charge in [0.1, 0.15) is 5.75 Å². The molecule has 9 heteroatoms. The van der Waals surface area contributed by atoms with Gasteiger partial charge in [0.2, 0.25) is 15.9 Å². The maximum atomic E-state index is 12.2. The highest BCUT2D eigenvalue weighted by Crippen LogP contribution is 2.28. The van der Waals surface area contributed by atoms with E-state index >= 15 is 0 Å². The van der Waals surface area contributed by atoms with Crippen LogP contribution in [0.3, 0.4) is 0 Å². The Labute approximate surface area is 169 Å². The first-order chi connectivity index (χ1) is 12.7. The first-order valence-electron chi connectivity index (χ1n) is 8.08. The number of anilines is 2. The molecule has 0 atom stereocenters. The number of methoxy groups -OCH3 is 1. The van der Waals surface area contributed by atoms with Gasteiger partial charge in [-0.2, -0.15) is 0 Å². The van der Waals surface area contributed by atoms with Crippen molar-refractivity contribution in [3.8, 4) is 5.75 Å². The van der Waals surface area contributed by atoms with E-state index in [0.29, 0.717) is 28.6 Å². The lowest BCUT2D eigenvalue weighted by Crippen LogP contribution is -2.31. The summed E-state index contributed by atoms with van der Waals surface area (Å²) in [6, 6.07) is 11.7. The van der Waals surface area contributed by atoms with E-state index in [1.165, 1.54) is 23.5 Å². The lowest BCUT2D eigenvalue weighted by Gasteiger charge is -2.22. The zero-order valence-corrected chi connectivity index (χ0v) is 17.2. The van der Waals surface area contributed by atoms with Gasteiger partial charge in [0, 0.05) is 13.0 Å². The van der Waals surface area contributed by atoms with Crippen molar-refractivity contribution >= 4 is 50.5 Å². The van der Waals surface area contributed by atoms with Crippen molar-refractivity contribution in [3.63, 3.8) is 0 Å². The minimum absolute atomic E-state index is 0.135. The Balaban J connectivity index is 2.01. The van der Waals surface area contributed by atoms with E-state index in [4.69, 9.17) is 27.9 Å². The van der Waals surface area contributed by atoms with E-state index in [1.54, 1.807) is 30.3 Å². The second-order valence-corrected chi connectivity index (χ2v) is 8.51. The number of carbonyl (C=O) groups excluding carboxylic acids is 1. The van der Waals surface area contributed by atoms with Crippen molar-refractivity contribution < 1.29 is 17.9 Å². The molecule has 0 spiro atoms. The van der Waals surface area contributed by atoms with E-state index in [9.17, 15) is 13.2 Å². The van der Waals surface area contributed by atoms with Crippen molar-refractivity contribution in [1.29, 1.82) is 0 Å². The van der Waals surface area contributed by atoms with Gasteiger partial charge >= 0.3 is 0 Å². The second kappa shape index (κ2) is 9.30. The van der Waals surface area contributed by atoms with Gasteiger partial charge in [-0.25, -0.2) is 8.42 Å². The van der Waals surface area contributed by atoms with Crippen LogP contribution in [0.4, 0.5) is 11.4 Å². The van der Waals surface area contributed by atoms with Gasteiger partial charge in [0.05, 0.1) is 34.8 Å². The number of hydrogen-bond donors (Lipinski definition) is 1. The fourth-order valence-electron chi connectivity index (χ4n) is 2.47. The van der Waals surface area contributed by atoms with Crippen LogP contribution in [0.15, 0.2) is 42.5 Å². The fraction of sp³-hybridized carbons (Fsp3) is 0.278. The summed E-state index contributed by atoms with van der Waals surface area (Å²) in [6.45, 7) is 0.135. The Morgan fingerprint density at radius 3 is 2.48 bits per heavy atom. The first-order valence-corrected chi connectivity index (χ1v) is 10.7. The zero-order chi connectivity index (χ0) is 20.0. The Morgan fingerprint density at radius 2 is 1.85 bits per heavy atom. The highest BCUT2D eigenvalue weighted by atomic mass is 35.5. The maximum Gasteiger partial charge on any atom is 0.232 e. The smallest absolute Gasteiger partial charge is 0.232 e. The van der Waals surface area contributed by atoms with Crippen LogP contribution in [-0.4, -0.2) is 34.2 Å². The Hall–Kier alpha value is -1.96. The van der Waals surface area contributed by atoms with Crippen molar-refractivity contribution in [2.75, 3.05) is 29.5 Å². The molecule has 1 N–H and O–H groups in total. The van der Waals surface area contributed by atoms with Gasteiger partial charge in [-0.15, -0.1) is 0 Å². The van der Waals surface area contributed by atoms with Gasteiger partial charge in [-0.1, -0.05) is 35.3 Å². The second-order valence-electron chi connectivity index (χ2n) is 5.79. The predicted molar refractivity (Wildman–Crippen MR) is 110 cm³/mol. The molecule has 146 valence electrons. The molecule has 0 unspecified atom stereocenters. The molecule has 2 aromatic rings. The Bertz CT molecular complexity index is 919. The van der Waals surface area contributed by atoms with Gasteiger partial charge in [0.15, 0.2) is 0 Å². The molecule has 2 rings (SSSR count). The van der Waals surface area contributed by atoms with Crippen LogP contribution in [-0.2, 0) is 14.8 Å². The molecule has 0 aromatic heterocycles. The number of benzene rings is 2. The number of ether oxygens (including phenoxy) is 1. The molecule has 6 nitrogen and oxygen atoms in total. The number of halogens is 2. The quantitative estimate of drug-likeness (QED) is 0.680. The molecule has 0 saturated carbocycles. The molecule has 1 amide bonds. The lowest BCUT2D eigenvalue weighted by atomic mass is 10.2. The van der Waals surface area contributed by atoms with E-state index in [1.807, 2.05) is 0 Å². The number of rotatable bonds is 8. The third-order valence-electron chi connectivity index (χ3n) is 3.74. The average Bonchev–Trinajstić information content (AvgIpc) is 2.60. The number of sulfonamides is 1. The number of amides is 1. The van der Waals surface area contributed by atoms with Crippen LogP contribution in [0.1, 0.15) is 12.8 Å². The van der Waals surface area contributed by atoms with Gasteiger partial charge < -0.3 is 10.1 Å². The highest BCUT2D eigenvalue weighted by Gasteiger charge is 2.18. The first kappa shape index (κ1) is 21.3. The van der Waals surface area contributed by atoms with Crippen LogP contribution in [0.2, 0.25) is 10.0 Å². The molecule has 27 heavy (non-hydrogen) atoms. The van der Waals surface area contributed by atoms with E-state index in [2.05, 4.69) is 5.32 Å². The summed E-state index contributed by atoms with van der Waals surface area (Å²) < 4.78 is 30.6. The SMILES string of the molecule is COc1ccccc1NC(=O)CCCN(c1ccc(Cl)c(Cl)c1)S(C)(=O)=O. The summed E-state index contributed by atoms with van der Waals surface area (Å²) in [7, 11) is -2.02.